The van der Waals surface area contributed by atoms with Crippen molar-refractivity contribution < 1.29 is 0 Å². The summed E-state index contributed by atoms with van der Waals surface area (Å²) >= 11 is 0. The highest BCUT2D eigenvalue weighted by atomic mass is 16.2. The molecule has 3 rings (SSSR count). The highest BCUT2D eigenvalue weighted by Crippen LogP contribution is 2.29. The smallest absolute Gasteiger partial charge is 0.329 e. The summed E-state index contributed by atoms with van der Waals surface area (Å²) in [5, 5.41) is 3.27. The zero-order chi connectivity index (χ0) is 14.3. The Kier molecular flexibility index (Phi) is 3.29. The van der Waals surface area contributed by atoms with E-state index in [9.17, 15) is 9.59 Å². The summed E-state index contributed by atoms with van der Waals surface area (Å²) in [4.78, 5) is 28.2. The van der Waals surface area contributed by atoms with E-state index < -0.39 is 11.2 Å². The third-order valence-corrected chi connectivity index (χ3v) is 4.56. The molecular formula is C13H21N5O2. The minimum atomic E-state index is -0.483. The minimum Gasteiger partial charge on any atom is -0.383 e. The number of aromatic nitrogens is 2. The fourth-order valence-corrected chi connectivity index (χ4v) is 3.38. The van der Waals surface area contributed by atoms with Crippen molar-refractivity contribution in [3.8, 4) is 0 Å². The molecule has 110 valence electrons. The molecule has 7 nitrogen and oxygen atoms in total. The first-order valence-corrected chi connectivity index (χ1v) is 7.17. The minimum absolute atomic E-state index is 0.202. The maximum atomic E-state index is 11.9. The van der Waals surface area contributed by atoms with E-state index in [1.165, 1.54) is 17.4 Å². The fourth-order valence-electron chi connectivity index (χ4n) is 3.38. The molecule has 1 aromatic heterocycles. The van der Waals surface area contributed by atoms with Gasteiger partial charge in [-0.3, -0.25) is 19.2 Å². The number of nitrogens with zero attached hydrogens (tertiary/aromatic N) is 2. The molecule has 20 heavy (non-hydrogen) atoms. The van der Waals surface area contributed by atoms with Crippen molar-refractivity contribution in [3.05, 3.63) is 20.8 Å². The fraction of sp³-hybridized carbons (Fsp3) is 0.692. The maximum absolute atomic E-state index is 11.9. The Bertz CT molecular complexity index is 620. The molecule has 2 aliphatic rings. The highest BCUT2D eigenvalue weighted by molar-refractivity contribution is 5.61. The van der Waals surface area contributed by atoms with E-state index in [0.29, 0.717) is 11.7 Å². The van der Waals surface area contributed by atoms with Gasteiger partial charge in [0.05, 0.1) is 0 Å². The van der Waals surface area contributed by atoms with Crippen LogP contribution in [-0.4, -0.2) is 39.6 Å². The lowest BCUT2D eigenvalue weighted by Gasteiger charge is -2.32. The molecule has 2 unspecified atom stereocenters. The Morgan fingerprint density at radius 2 is 2.05 bits per heavy atom. The standard InChI is InChI=1S/C13H21N5O2/c1-17-11(14)10(12(19)16-13(17)20)15-8-5-7-18-6-3-2-4-9(8)18/h8-9,15H,2-7,14H2,1H3,(H,16,19,20). The van der Waals surface area contributed by atoms with Crippen LogP contribution in [0.25, 0.3) is 0 Å². The van der Waals surface area contributed by atoms with E-state index >= 15 is 0 Å². The lowest BCUT2D eigenvalue weighted by molar-refractivity contribution is 0.192. The van der Waals surface area contributed by atoms with Gasteiger partial charge in [-0.2, -0.15) is 0 Å². The zero-order valence-corrected chi connectivity index (χ0v) is 11.7. The Hall–Kier alpha value is -1.76. The molecule has 7 heteroatoms. The van der Waals surface area contributed by atoms with E-state index in [1.807, 2.05) is 0 Å². The SMILES string of the molecule is Cn1c(N)c(NC2CCN3CCCCC23)c(=O)[nH]c1=O. The number of nitrogens with two attached hydrogens (primary N) is 1. The number of aromatic amines is 1. The Morgan fingerprint density at radius 3 is 2.85 bits per heavy atom. The normalized spacial score (nSPS) is 26.4. The van der Waals surface area contributed by atoms with Crippen LogP contribution in [0.1, 0.15) is 25.7 Å². The average molecular weight is 279 g/mol. The first kappa shape index (κ1) is 13.2. The van der Waals surface area contributed by atoms with Gasteiger partial charge < -0.3 is 11.1 Å². The number of rotatable bonds is 2. The molecule has 2 fully saturated rings. The van der Waals surface area contributed by atoms with Gasteiger partial charge >= 0.3 is 5.69 Å². The summed E-state index contributed by atoms with van der Waals surface area (Å²) in [7, 11) is 1.56. The predicted octanol–water partition coefficient (Wildman–Crippen LogP) is -0.305. The van der Waals surface area contributed by atoms with Gasteiger partial charge in [-0.05, 0) is 25.8 Å². The topological polar surface area (TPSA) is 96.2 Å². The number of fused-ring (bicyclic) bond motifs is 1. The molecule has 0 radical (unpaired) electrons. The molecule has 2 atom stereocenters. The van der Waals surface area contributed by atoms with Crippen LogP contribution < -0.4 is 22.3 Å². The van der Waals surface area contributed by atoms with Crippen LogP contribution in [0, 0.1) is 0 Å². The van der Waals surface area contributed by atoms with Crippen molar-refractivity contribution in [1.82, 2.24) is 14.5 Å². The number of hydrogen-bond acceptors (Lipinski definition) is 5. The van der Waals surface area contributed by atoms with Crippen molar-refractivity contribution in [1.29, 1.82) is 0 Å². The van der Waals surface area contributed by atoms with Crippen LogP contribution >= 0.6 is 0 Å². The van der Waals surface area contributed by atoms with Crippen LogP contribution in [-0.2, 0) is 7.05 Å². The number of nitrogen functional groups attached to an aromatic ring is 1. The van der Waals surface area contributed by atoms with Gasteiger partial charge in [-0.15, -0.1) is 0 Å². The van der Waals surface area contributed by atoms with Crippen molar-refractivity contribution in [3.63, 3.8) is 0 Å². The van der Waals surface area contributed by atoms with Gasteiger partial charge in [0, 0.05) is 25.7 Å². The molecule has 2 aliphatic heterocycles. The van der Waals surface area contributed by atoms with E-state index in [2.05, 4.69) is 15.2 Å². The number of anilines is 2. The molecule has 0 amide bonds. The zero-order valence-electron chi connectivity index (χ0n) is 11.7. The van der Waals surface area contributed by atoms with Crippen molar-refractivity contribution in [2.24, 2.45) is 7.05 Å². The molecule has 4 N–H and O–H groups in total. The summed E-state index contributed by atoms with van der Waals surface area (Å²) in [6.45, 7) is 2.20. The van der Waals surface area contributed by atoms with Crippen LogP contribution in [0.4, 0.5) is 11.5 Å². The summed E-state index contributed by atoms with van der Waals surface area (Å²) in [6.07, 6.45) is 4.65. The monoisotopic (exact) mass is 279 g/mol. The molecular weight excluding hydrogens is 258 g/mol. The summed E-state index contributed by atoms with van der Waals surface area (Å²) < 4.78 is 1.26. The Morgan fingerprint density at radius 1 is 1.25 bits per heavy atom. The summed E-state index contributed by atoms with van der Waals surface area (Å²) in [6, 6.07) is 0.705. The second-order valence-corrected chi connectivity index (χ2v) is 5.72. The van der Waals surface area contributed by atoms with Crippen LogP contribution in [0.3, 0.4) is 0 Å². The van der Waals surface area contributed by atoms with Crippen molar-refractivity contribution in [2.75, 3.05) is 24.1 Å². The van der Waals surface area contributed by atoms with Gasteiger partial charge in [0.25, 0.3) is 5.56 Å². The number of H-pyrrole nitrogens is 1. The molecule has 0 bridgehead atoms. The summed E-state index contributed by atoms with van der Waals surface area (Å²) in [5.74, 6) is 0.202. The van der Waals surface area contributed by atoms with Gasteiger partial charge in [0.2, 0.25) is 0 Å². The molecule has 2 saturated heterocycles. The number of nitrogens with one attached hydrogen (secondary N) is 2. The highest BCUT2D eigenvalue weighted by Gasteiger charge is 2.36. The first-order chi connectivity index (χ1) is 9.58. The molecule has 0 spiro atoms. The molecule has 0 aromatic carbocycles. The number of hydrogen-bond donors (Lipinski definition) is 3. The van der Waals surface area contributed by atoms with E-state index in [4.69, 9.17) is 5.73 Å². The van der Waals surface area contributed by atoms with Crippen molar-refractivity contribution >= 4 is 11.5 Å². The van der Waals surface area contributed by atoms with Gasteiger partial charge in [0.15, 0.2) is 0 Å². The van der Waals surface area contributed by atoms with Crippen molar-refractivity contribution in [2.45, 2.75) is 37.8 Å². The molecule has 0 aliphatic carbocycles. The molecule has 1 aromatic rings. The molecule has 0 saturated carbocycles. The van der Waals surface area contributed by atoms with E-state index in [-0.39, 0.29) is 11.9 Å². The second-order valence-electron chi connectivity index (χ2n) is 5.72. The predicted molar refractivity (Wildman–Crippen MR) is 78.0 cm³/mol. The van der Waals surface area contributed by atoms with Crippen LogP contribution in [0.2, 0.25) is 0 Å². The Labute approximate surface area is 116 Å². The maximum Gasteiger partial charge on any atom is 0.329 e. The first-order valence-electron chi connectivity index (χ1n) is 7.17. The Balaban J connectivity index is 1.87. The average Bonchev–Trinajstić information content (AvgIpc) is 2.84. The van der Waals surface area contributed by atoms with Gasteiger partial charge in [0.1, 0.15) is 11.5 Å². The van der Waals surface area contributed by atoms with Gasteiger partial charge in [-0.25, -0.2) is 4.79 Å². The van der Waals surface area contributed by atoms with E-state index in [1.54, 1.807) is 7.05 Å². The largest absolute Gasteiger partial charge is 0.383 e. The quantitative estimate of drug-likeness (QED) is 0.690. The van der Waals surface area contributed by atoms with E-state index in [0.717, 1.165) is 25.9 Å². The lowest BCUT2D eigenvalue weighted by Crippen LogP contribution is -2.43. The second kappa shape index (κ2) is 4.97. The lowest BCUT2D eigenvalue weighted by atomic mass is 9.99. The third kappa shape index (κ3) is 2.11. The third-order valence-electron chi connectivity index (χ3n) is 4.56. The molecule has 3 heterocycles. The van der Waals surface area contributed by atoms with Crippen LogP contribution in [0.15, 0.2) is 9.59 Å². The van der Waals surface area contributed by atoms with Gasteiger partial charge in [-0.1, -0.05) is 6.42 Å². The van der Waals surface area contributed by atoms with Crippen LogP contribution in [0.5, 0.6) is 0 Å². The number of piperidine rings is 1. The summed E-state index contributed by atoms with van der Waals surface area (Å²) in [5.41, 5.74) is 5.31.